The predicted molar refractivity (Wildman–Crippen MR) is 63.0 cm³/mol. The zero-order chi connectivity index (χ0) is 10.8. The summed E-state index contributed by atoms with van der Waals surface area (Å²) < 4.78 is 0. The predicted octanol–water partition coefficient (Wildman–Crippen LogP) is 0.301. The van der Waals surface area contributed by atoms with Crippen LogP contribution < -0.4 is 5.32 Å². The van der Waals surface area contributed by atoms with E-state index in [-0.39, 0.29) is 0 Å². The molecule has 1 aromatic heterocycles. The van der Waals surface area contributed by atoms with Gasteiger partial charge in [-0.05, 0) is 12.1 Å². The number of nitrogens with one attached hydrogen (secondary N) is 1. The van der Waals surface area contributed by atoms with Crippen LogP contribution in [0.2, 0.25) is 0 Å². The Morgan fingerprint density at radius 3 is 2.44 bits per heavy atom. The third-order valence-corrected chi connectivity index (χ3v) is 3.47. The zero-order valence-corrected chi connectivity index (χ0v) is 9.47. The molecule has 3 rings (SSSR count). The second-order valence-electron chi connectivity index (χ2n) is 4.45. The van der Waals surface area contributed by atoms with Crippen molar-refractivity contribution < 1.29 is 0 Å². The fourth-order valence-electron chi connectivity index (χ4n) is 2.67. The van der Waals surface area contributed by atoms with Crippen molar-refractivity contribution in [3.8, 4) is 0 Å². The van der Waals surface area contributed by atoms with Crippen molar-refractivity contribution in [3.63, 3.8) is 0 Å². The lowest BCUT2D eigenvalue weighted by atomic mass is 10.2. The summed E-state index contributed by atoms with van der Waals surface area (Å²) in [6.07, 6.45) is 2.30. The molecular weight excluding hydrogens is 200 g/mol. The molecule has 2 saturated heterocycles. The van der Waals surface area contributed by atoms with Crippen LogP contribution in [0.25, 0.3) is 0 Å². The van der Waals surface area contributed by atoms with Gasteiger partial charge < -0.3 is 5.32 Å². The maximum atomic E-state index is 4.51. The number of fused-ring (bicyclic) bond motifs is 2. The van der Waals surface area contributed by atoms with Crippen LogP contribution >= 0.6 is 0 Å². The quantitative estimate of drug-likeness (QED) is 0.734. The largest absolute Gasteiger partial charge is 0.314 e. The summed E-state index contributed by atoms with van der Waals surface area (Å²) in [5, 5.41) is 3.46. The molecule has 1 aromatic rings. The number of aromatic nitrogens is 1. The fourth-order valence-corrected chi connectivity index (χ4v) is 2.67. The number of hydrogen-bond acceptors (Lipinski definition) is 4. The first kappa shape index (κ1) is 10.2. The fraction of sp³-hybridized carbons (Fsp3) is 0.583. The van der Waals surface area contributed by atoms with E-state index in [1.165, 1.54) is 18.8 Å². The lowest BCUT2D eigenvalue weighted by Crippen LogP contribution is -2.42. The van der Waals surface area contributed by atoms with Gasteiger partial charge in [0.25, 0.3) is 0 Å². The molecule has 2 aliphatic rings. The van der Waals surface area contributed by atoms with E-state index in [1.54, 1.807) is 0 Å². The zero-order valence-electron chi connectivity index (χ0n) is 9.47. The van der Waals surface area contributed by atoms with Gasteiger partial charge in [-0.2, -0.15) is 0 Å². The lowest BCUT2D eigenvalue weighted by molar-refractivity contribution is 0.122. The molecule has 2 unspecified atom stereocenters. The van der Waals surface area contributed by atoms with Crippen LogP contribution in [0.5, 0.6) is 0 Å². The van der Waals surface area contributed by atoms with E-state index in [4.69, 9.17) is 0 Å². The summed E-state index contributed by atoms with van der Waals surface area (Å²) in [5.41, 5.74) is 1.20. The van der Waals surface area contributed by atoms with Crippen molar-refractivity contribution in [2.75, 3.05) is 39.3 Å². The lowest BCUT2D eigenvalue weighted by Gasteiger charge is -2.32. The van der Waals surface area contributed by atoms with Crippen molar-refractivity contribution in [1.29, 1.82) is 0 Å². The van der Waals surface area contributed by atoms with Gasteiger partial charge in [-0.1, -0.05) is 6.07 Å². The van der Waals surface area contributed by atoms with E-state index in [0.717, 1.165) is 26.2 Å². The summed E-state index contributed by atoms with van der Waals surface area (Å²) in [5.74, 6) is 0. The van der Waals surface area contributed by atoms with E-state index in [2.05, 4.69) is 32.2 Å². The van der Waals surface area contributed by atoms with Crippen LogP contribution in [0.3, 0.4) is 0 Å². The molecule has 86 valence electrons. The Balaban J connectivity index is 1.87. The van der Waals surface area contributed by atoms with E-state index in [9.17, 15) is 0 Å². The van der Waals surface area contributed by atoms with Gasteiger partial charge >= 0.3 is 0 Å². The average molecular weight is 218 g/mol. The van der Waals surface area contributed by atoms with E-state index in [0.29, 0.717) is 6.17 Å². The average Bonchev–Trinajstić information content (AvgIpc) is 2.74. The van der Waals surface area contributed by atoms with Gasteiger partial charge in [-0.25, -0.2) is 0 Å². The Morgan fingerprint density at radius 2 is 1.81 bits per heavy atom. The molecule has 1 N–H and O–H groups in total. The second kappa shape index (κ2) is 4.49. The molecule has 2 aliphatic heterocycles. The van der Waals surface area contributed by atoms with Crippen LogP contribution in [-0.2, 0) is 0 Å². The van der Waals surface area contributed by atoms with Gasteiger partial charge in [0.2, 0.25) is 0 Å². The SMILES string of the molecule is c1ccc(C2N3CCNCCN2CC3)nc1. The molecule has 16 heavy (non-hydrogen) atoms. The molecule has 3 heterocycles. The van der Waals surface area contributed by atoms with E-state index >= 15 is 0 Å². The third-order valence-electron chi connectivity index (χ3n) is 3.47. The van der Waals surface area contributed by atoms with Crippen LogP contribution in [0, 0.1) is 0 Å². The highest BCUT2D eigenvalue weighted by Crippen LogP contribution is 2.28. The van der Waals surface area contributed by atoms with Crippen molar-refractivity contribution >= 4 is 0 Å². The minimum atomic E-state index is 0.406. The highest BCUT2D eigenvalue weighted by molar-refractivity contribution is 5.10. The summed E-state index contributed by atoms with van der Waals surface area (Å²) in [4.78, 5) is 9.56. The van der Waals surface area contributed by atoms with Crippen molar-refractivity contribution in [2.24, 2.45) is 0 Å². The van der Waals surface area contributed by atoms with Crippen LogP contribution in [0.15, 0.2) is 24.4 Å². The summed E-state index contributed by atoms with van der Waals surface area (Å²) in [6, 6.07) is 6.21. The van der Waals surface area contributed by atoms with Crippen LogP contribution in [0.1, 0.15) is 11.9 Å². The molecule has 0 saturated carbocycles. The Morgan fingerprint density at radius 1 is 1.06 bits per heavy atom. The topological polar surface area (TPSA) is 31.4 Å². The van der Waals surface area contributed by atoms with Gasteiger partial charge in [-0.3, -0.25) is 14.8 Å². The molecule has 0 aromatic carbocycles. The second-order valence-corrected chi connectivity index (χ2v) is 4.45. The standard InChI is InChI=1S/C12H18N4/c1-2-4-14-11(3-1)12-15-7-5-13-6-8-16(12)10-9-15/h1-4,12-13H,5-10H2. The number of pyridine rings is 1. The Labute approximate surface area is 96.3 Å². The highest BCUT2D eigenvalue weighted by atomic mass is 15.4. The Bertz CT molecular complexity index is 326. The van der Waals surface area contributed by atoms with Gasteiger partial charge in [0.05, 0.1) is 5.69 Å². The van der Waals surface area contributed by atoms with Gasteiger partial charge in [0.15, 0.2) is 0 Å². The number of nitrogens with zero attached hydrogens (tertiary/aromatic N) is 3. The van der Waals surface area contributed by atoms with Crippen LogP contribution in [-0.4, -0.2) is 54.1 Å². The summed E-state index contributed by atoms with van der Waals surface area (Å²) in [7, 11) is 0. The smallest absolute Gasteiger partial charge is 0.106 e. The van der Waals surface area contributed by atoms with Gasteiger partial charge in [0.1, 0.15) is 6.17 Å². The Kier molecular flexibility index (Phi) is 2.86. The molecule has 0 amide bonds. The molecule has 4 nitrogen and oxygen atoms in total. The normalized spacial score (nSPS) is 34.4. The highest BCUT2D eigenvalue weighted by Gasteiger charge is 2.33. The molecule has 2 bridgehead atoms. The molecule has 4 heteroatoms. The minimum Gasteiger partial charge on any atom is -0.314 e. The van der Waals surface area contributed by atoms with Crippen molar-refractivity contribution in [1.82, 2.24) is 20.1 Å². The molecule has 2 atom stereocenters. The van der Waals surface area contributed by atoms with Gasteiger partial charge in [0, 0.05) is 45.5 Å². The number of rotatable bonds is 1. The molecular formula is C12H18N4. The molecule has 2 fully saturated rings. The van der Waals surface area contributed by atoms with E-state index < -0.39 is 0 Å². The molecule has 0 aliphatic carbocycles. The van der Waals surface area contributed by atoms with E-state index in [1.807, 2.05) is 12.3 Å². The third kappa shape index (κ3) is 1.84. The van der Waals surface area contributed by atoms with Crippen LogP contribution in [0.4, 0.5) is 0 Å². The summed E-state index contributed by atoms with van der Waals surface area (Å²) in [6.45, 7) is 6.77. The molecule has 0 radical (unpaired) electrons. The first-order chi connectivity index (χ1) is 7.95. The monoisotopic (exact) mass is 218 g/mol. The van der Waals surface area contributed by atoms with Gasteiger partial charge in [-0.15, -0.1) is 0 Å². The first-order valence-electron chi connectivity index (χ1n) is 6.05. The minimum absolute atomic E-state index is 0.406. The first-order valence-corrected chi connectivity index (χ1v) is 6.05. The Hall–Kier alpha value is -0.970. The summed E-state index contributed by atoms with van der Waals surface area (Å²) >= 11 is 0. The molecule has 0 spiro atoms. The number of hydrogen-bond donors (Lipinski definition) is 1. The maximum absolute atomic E-state index is 4.51. The van der Waals surface area contributed by atoms with Crippen molar-refractivity contribution in [3.05, 3.63) is 30.1 Å². The maximum Gasteiger partial charge on any atom is 0.106 e. The van der Waals surface area contributed by atoms with Crippen molar-refractivity contribution in [2.45, 2.75) is 6.17 Å².